The second-order valence-corrected chi connectivity index (χ2v) is 5.81. The fraction of sp³-hybridized carbons (Fsp3) is 0.389. The number of nitrogens with zero attached hydrogens (tertiary/aromatic N) is 4. The molecule has 1 aromatic heterocycles. The summed E-state index contributed by atoms with van der Waals surface area (Å²) >= 11 is 0. The molecule has 2 rings (SSSR count). The summed E-state index contributed by atoms with van der Waals surface area (Å²) in [5.74, 6) is -0.0433. The van der Waals surface area contributed by atoms with Crippen molar-refractivity contribution >= 4 is 17.6 Å². The van der Waals surface area contributed by atoms with Gasteiger partial charge in [-0.3, -0.25) is 9.59 Å². The van der Waals surface area contributed by atoms with Gasteiger partial charge < -0.3 is 14.6 Å². The number of hydrogen-bond acceptors (Lipinski definition) is 6. The van der Waals surface area contributed by atoms with Gasteiger partial charge in [0.2, 0.25) is 0 Å². The van der Waals surface area contributed by atoms with E-state index in [9.17, 15) is 9.59 Å². The van der Waals surface area contributed by atoms with E-state index in [2.05, 4.69) is 25.2 Å². The van der Waals surface area contributed by atoms with Crippen molar-refractivity contribution in [2.24, 2.45) is 5.11 Å². The van der Waals surface area contributed by atoms with Crippen LogP contribution in [0.15, 0.2) is 40.0 Å². The van der Waals surface area contributed by atoms with Crippen molar-refractivity contribution in [1.29, 1.82) is 0 Å². The first kappa shape index (κ1) is 20.0. The number of unbranched alkanes of at least 4 members (excludes halogenated alkanes) is 3. The first-order valence-corrected chi connectivity index (χ1v) is 8.61. The van der Waals surface area contributed by atoms with Gasteiger partial charge >= 0.3 is 5.97 Å². The highest BCUT2D eigenvalue weighted by molar-refractivity contribution is 5.93. The van der Waals surface area contributed by atoms with Crippen LogP contribution < -0.4 is 5.32 Å². The van der Waals surface area contributed by atoms with Crippen LogP contribution in [0.1, 0.15) is 42.6 Å². The lowest BCUT2D eigenvalue weighted by Gasteiger charge is -2.03. The lowest BCUT2D eigenvalue weighted by molar-refractivity contribution is -0.140. The summed E-state index contributed by atoms with van der Waals surface area (Å²) in [6, 6.07) is 8.31. The topological polar surface area (TPSA) is 130 Å². The summed E-state index contributed by atoms with van der Waals surface area (Å²) in [4.78, 5) is 25.8. The van der Waals surface area contributed by atoms with Gasteiger partial charge in [0, 0.05) is 35.2 Å². The lowest BCUT2D eigenvalue weighted by atomic mass is 10.1. The van der Waals surface area contributed by atoms with Crippen LogP contribution in [0.5, 0.6) is 0 Å². The first-order valence-electron chi connectivity index (χ1n) is 8.61. The molecule has 1 heterocycles. The zero-order valence-electron chi connectivity index (χ0n) is 15.1. The number of hydrogen-bond donors (Lipinski definition) is 1. The third-order valence-electron chi connectivity index (χ3n) is 3.88. The largest absolute Gasteiger partial charge is 0.469 e. The van der Waals surface area contributed by atoms with Crippen LogP contribution in [-0.4, -0.2) is 30.7 Å². The molecule has 0 aliphatic carbocycles. The number of esters is 1. The van der Waals surface area contributed by atoms with E-state index in [1.54, 1.807) is 30.3 Å². The Bertz CT molecular complexity index is 809. The molecule has 2 aromatic rings. The van der Waals surface area contributed by atoms with Crippen LogP contribution in [0.25, 0.3) is 21.8 Å². The van der Waals surface area contributed by atoms with Gasteiger partial charge in [-0.25, -0.2) is 0 Å². The molecule has 1 N–H and O–H groups in total. The van der Waals surface area contributed by atoms with Crippen molar-refractivity contribution in [3.63, 3.8) is 0 Å². The van der Waals surface area contributed by atoms with Gasteiger partial charge in [-0.1, -0.05) is 47.4 Å². The van der Waals surface area contributed by atoms with Crippen molar-refractivity contribution < 1.29 is 18.8 Å². The summed E-state index contributed by atoms with van der Waals surface area (Å²) in [6.07, 6.45) is 3.85. The van der Waals surface area contributed by atoms with Crippen LogP contribution in [0, 0.1) is 0 Å². The zero-order chi connectivity index (χ0) is 19.5. The minimum absolute atomic E-state index is 0.197. The molecule has 0 spiro atoms. The molecule has 0 saturated carbocycles. The van der Waals surface area contributed by atoms with E-state index in [1.165, 1.54) is 7.11 Å². The number of aromatic nitrogens is 1. The molecule has 0 bridgehead atoms. The second kappa shape index (κ2) is 10.6. The lowest BCUT2D eigenvalue weighted by Crippen LogP contribution is -2.24. The highest BCUT2D eigenvalue weighted by Gasteiger charge is 2.13. The maximum atomic E-state index is 12.1. The molecular weight excluding hydrogens is 350 g/mol. The van der Waals surface area contributed by atoms with Gasteiger partial charge in [0.25, 0.3) is 5.91 Å². The van der Waals surface area contributed by atoms with Crippen molar-refractivity contribution in [2.45, 2.75) is 32.1 Å². The van der Waals surface area contributed by atoms with Crippen molar-refractivity contribution in [3.8, 4) is 11.3 Å². The third-order valence-corrected chi connectivity index (χ3v) is 3.88. The summed E-state index contributed by atoms with van der Waals surface area (Å²) in [6.45, 7) is 0.528. The summed E-state index contributed by atoms with van der Waals surface area (Å²) < 4.78 is 9.78. The average Bonchev–Trinajstić information content (AvgIpc) is 3.18. The van der Waals surface area contributed by atoms with Crippen LogP contribution in [-0.2, 0) is 9.53 Å². The van der Waals surface area contributed by atoms with Crippen molar-refractivity contribution in [3.05, 3.63) is 46.5 Å². The van der Waals surface area contributed by atoms with E-state index in [4.69, 9.17) is 10.1 Å². The Hall–Kier alpha value is -3.32. The highest BCUT2D eigenvalue weighted by Crippen LogP contribution is 2.23. The average molecular weight is 371 g/mol. The van der Waals surface area contributed by atoms with E-state index in [0.717, 1.165) is 31.2 Å². The molecule has 0 saturated heterocycles. The standard InChI is InChI=1S/C18H21N5O4/c1-26-17(24)6-4-2-3-5-11-20-18(25)15-12-16(27-22-15)13-7-9-14(10-8-13)21-23-19/h7-10,12H,2-6,11H2,1H3,(H,20,25). The number of azide groups is 1. The molecule has 1 aromatic carbocycles. The van der Waals surface area contributed by atoms with Crippen LogP contribution in [0.3, 0.4) is 0 Å². The number of rotatable bonds is 10. The van der Waals surface area contributed by atoms with E-state index < -0.39 is 0 Å². The molecule has 0 aliphatic heterocycles. The Morgan fingerprint density at radius 3 is 2.67 bits per heavy atom. The Morgan fingerprint density at radius 1 is 1.22 bits per heavy atom. The number of carbonyl (C=O) groups is 2. The molecule has 9 nitrogen and oxygen atoms in total. The second-order valence-electron chi connectivity index (χ2n) is 5.81. The molecule has 9 heteroatoms. The predicted molar refractivity (Wildman–Crippen MR) is 98.2 cm³/mol. The third kappa shape index (κ3) is 6.48. The van der Waals surface area contributed by atoms with Gasteiger partial charge in [-0.15, -0.1) is 0 Å². The molecule has 27 heavy (non-hydrogen) atoms. The number of nitrogens with one attached hydrogen (secondary N) is 1. The molecule has 1 amide bonds. The number of benzene rings is 1. The normalized spacial score (nSPS) is 10.1. The van der Waals surface area contributed by atoms with Crippen molar-refractivity contribution in [2.75, 3.05) is 13.7 Å². The minimum Gasteiger partial charge on any atom is -0.469 e. The molecule has 142 valence electrons. The van der Waals surface area contributed by atoms with Crippen LogP contribution in [0.4, 0.5) is 5.69 Å². The van der Waals surface area contributed by atoms with E-state index in [0.29, 0.717) is 24.4 Å². The Balaban J connectivity index is 1.74. The smallest absolute Gasteiger partial charge is 0.305 e. The first-order chi connectivity index (χ1) is 13.1. The number of ether oxygens (including phenoxy) is 1. The zero-order valence-corrected chi connectivity index (χ0v) is 15.1. The van der Waals surface area contributed by atoms with Gasteiger partial charge in [-0.05, 0) is 18.4 Å². The maximum absolute atomic E-state index is 12.1. The number of amides is 1. The van der Waals surface area contributed by atoms with Crippen LogP contribution >= 0.6 is 0 Å². The minimum atomic E-state index is -0.301. The molecular formula is C18H21N5O4. The molecule has 0 unspecified atom stereocenters. The fourth-order valence-corrected chi connectivity index (χ4v) is 2.40. The van der Waals surface area contributed by atoms with Gasteiger partial charge in [0.1, 0.15) is 0 Å². The molecule has 0 fully saturated rings. The van der Waals surface area contributed by atoms with Crippen molar-refractivity contribution in [1.82, 2.24) is 10.5 Å². The van der Waals surface area contributed by atoms with E-state index in [-0.39, 0.29) is 17.6 Å². The van der Waals surface area contributed by atoms with Gasteiger partial charge in [0.05, 0.1) is 7.11 Å². The van der Waals surface area contributed by atoms with E-state index >= 15 is 0 Å². The number of carbonyl (C=O) groups excluding carboxylic acids is 2. The van der Waals surface area contributed by atoms with Gasteiger partial charge in [0.15, 0.2) is 11.5 Å². The maximum Gasteiger partial charge on any atom is 0.305 e. The molecule has 0 atom stereocenters. The van der Waals surface area contributed by atoms with Crippen LogP contribution in [0.2, 0.25) is 0 Å². The summed E-state index contributed by atoms with van der Waals surface area (Å²) in [5.41, 5.74) is 9.82. The Kier molecular flexibility index (Phi) is 7.87. The monoisotopic (exact) mass is 371 g/mol. The molecule has 0 aliphatic rings. The number of methoxy groups -OCH3 is 1. The SMILES string of the molecule is COC(=O)CCCCCCNC(=O)c1cc(-c2ccc(N=[N+]=[N-])cc2)on1. The Morgan fingerprint density at radius 2 is 1.96 bits per heavy atom. The predicted octanol–water partition coefficient (Wildman–Crippen LogP) is 4.14. The van der Waals surface area contributed by atoms with Gasteiger partial charge in [-0.2, -0.15) is 0 Å². The van der Waals surface area contributed by atoms with E-state index in [1.807, 2.05) is 0 Å². The summed E-state index contributed by atoms with van der Waals surface area (Å²) in [7, 11) is 1.38. The fourth-order valence-electron chi connectivity index (χ4n) is 2.40. The highest BCUT2D eigenvalue weighted by atomic mass is 16.5. The summed E-state index contributed by atoms with van der Waals surface area (Å²) in [5, 5.41) is 10.1. The quantitative estimate of drug-likeness (QED) is 0.220. The Labute approximate surface area is 156 Å². The molecule has 0 radical (unpaired) electrons.